The van der Waals surface area contributed by atoms with Crippen LogP contribution < -0.4 is 5.32 Å². The molecule has 2 fully saturated rings. The van der Waals surface area contributed by atoms with E-state index in [4.69, 9.17) is 0 Å². The number of hydrogen-bond donors (Lipinski definition) is 1. The SMILES string of the molecule is CC1C(F)(F)C12CNC2.Cl. The highest BCUT2D eigenvalue weighted by atomic mass is 35.5. The third-order valence-corrected chi connectivity index (χ3v) is 2.83. The Morgan fingerprint density at radius 2 is 1.80 bits per heavy atom. The Hall–Kier alpha value is 0.110. The molecule has 60 valence electrons. The normalized spacial score (nSPS) is 38.1. The molecule has 1 unspecified atom stereocenters. The van der Waals surface area contributed by atoms with Gasteiger partial charge in [-0.15, -0.1) is 12.4 Å². The Labute approximate surface area is 64.6 Å². The summed E-state index contributed by atoms with van der Waals surface area (Å²) in [5.41, 5.74) is -0.618. The van der Waals surface area contributed by atoms with E-state index in [1.807, 2.05) is 0 Å². The first-order valence-corrected chi connectivity index (χ1v) is 3.20. The summed E-state index contributed by atoms with van der Waals surface area (Å²) in [5.74, 6) is -2.75. The smallest absolute Gasteiger partial charge is 0.259 e. The minimum Gasteiger partial charge on any atom is -0.315 e. The second-order valence-electron chi connectivity index (χ2n) is 3.10. The monoisotopic (exact) mass is 169 g/mol. The lowest BCUT2D eigenvalue weighted by Crippen LogP contribution is -2.48. The summed E-state index contributed by atoms with van der Waals surface area (Å²) < 4.78 is 25.2. The van der Waals surface area contributed by atoms with Crippen LogP contribution in [0.1, 0.15) is 6.92 Å². The maximum absolute atomic E-state index is 12.6. The van der Waals surface area contributed by atoms with Crippen LogP contribution in [0.25, 0.3) is 0 Å². The van der Waals surface area contributed by atoms with Crippen LogP contribution in [0.3, 0.4) is 0 Å². The largest absolute Gasteiger partial charge is 0.315 e. The van der Waals surface area contributed by atoms with Gasteiger partial charge in [-0.2, -0.15) is 0 Å². The number of alkyl halides is 2. The molecule has 2 aliphatic rings. The van der Waals surface area contributed by atoms with Gasteiger partial charge in [0, 0.05) is 19.0 Å². The highest BCUT2D eigenvalue weighted by Crippen LogP contribution is 2.67. The third-order valence-electron chi connectivity index (χ3n) is 2.83. The van der Waals surface area contributed by atoms with Crippen LogP contribution in [0, 0.1) is 11.3 Å². The van der Waals surface area contributed by atoms with Crippen LogP contribution in [0.5, 0.6) is 0 Å². The van der Waals surface area contributed by atoms with Gasteiger partial charge in [0.2, 0.25) is 0 Å². The Morgan fingerprint density at radius 3 is 1.80 bits per heavy atom. The lowest BCUT2D eigenvalue weighted by Gasteiger charge is -2.27. The van der Waals surface area contributed by atoms with Gasteiger partial charge in [0.15, 0.2) is 0 Å². The van der Waals surface area contributed by atoms with E-state index in [2.05, 4.69) is 5.32 Å². The molecule has 1 aliphatic carbocycles. The second-order valence-corrected chi connectivity index (χ2v) is 3.10. The van der Waals surface area contributed by atoms with Gasteiger partial charge in [0.25, 0.3) is 5.92 Å². The van der Waals surface area contributed by atoms with E-state index in [9.17, 15) is 8.78 Å². The zero-order valence-electron chi connectivity index (χ0n) is 5.66. The Bertz CT molecular complexity index is 156. The zero-order chi connectivity index (χ0) is 6.70. The highest BCUT2D eigenvalue weighted by Gasteiger charge is 2.80. The van der Waals surface area contributed by atoms with Crippen LogP contribution in [0.15, 0.2) is 0 Å². The van der Waals surface area contributed by atoms with Crippen LogP contribution in [0.2, 0.25) is 0 Å². The van der Waals surface area contributed by atoms with Crippen LogP contribution in [-0.2, 0) is 0 Å². The van der Waals surface area contributed by atoms with Gasteiger partial charge in [0.1, 0.15) is 0 Å². The summed E-state index contributed by atoms with van der Waals surface area (Å²) in [4.78, 5) is 0. The van der Waals surface area contributed by atoms with E-state index >= 15 is 0 Å². The summed E-state index contributed by atoms with van der Waals surface area (Å²) in [6.07, 6.45) is 0. The molecule has 2 rings (SSSR count). The molecule has 10 heavy (non-hydrogen) atoms. The van der Waals surface area contributed by atoms with Crippen LogP contribution in [0.4, 0.5) is 8.78 Å². The van der Waals surface area contributed by atoms with Crippen molar-refractivity contribution in [1.82, 2.24) is 5.32 Å². The molecule has 0 aromatic rings. The van der Waals surface area contributed by atoms with Crippen molar-refractivity contribution in [3.8, 4) is 0 Å². The van der Waals surface area contributed by atoms with E-state index in [-0.39, 0.29) is 18.3 Å². The molecule has 0 radical (unpaired) electrons. The highest BCUT2D eigenvalue weighted by molar-refractivity contribution is 5.85. The summed E-state index contributed by atoms with van der Waals surface area (Å²) in [7, 11) is 0. The molecule has 1 saturated carbocycles. The summed E-state index contributed by atoms with van der Waals surface area (Å²) in [5, 5.41) is 2.87. The van der Waals surface area contributed by atoms with E-state index < -0.39 is 11.3 Å². The van der Waals surface area contributed by atoms with Crippen molar-refractivity contribution in [1.29, 1.82) is 0 Å². The maximum Gasteiger partial charge on any atom is 0.259 e. The van der Waals surface area contributed by atoms with Gasteiger partial charge in [-0.1, -0.05) is 6.92 Å². The van der Waals surface area contributed by atoms with Crippen molar-refractivity contribution < 1.29 is 8.78 Å². The standard InChI is InChI=1S/C6H9F2N.ClH/c1-4-5(2-9-3-5)6(4,7)8;/h4,9H,2-3H2,1H3;1H. The Kier molecular flexibility index (Phi) is 1.50. The fraction of sp³-hybridized carbons (Fsp3) is 1.00. The average molecular weight is 170 g/mol. The van der Waals surface area contributed by atoms with Gasteiger partial charge in [-0.25, -0.2) is 8.78 Å². The van der Waals surface area contributed by atoms with Crippen molar-refractivity contribution in [3.63, 3.8) is 0 Å². The summed E-state index contributed by atoms with van der Waals surface area (Å²) >= 11 is 0. The van der Waals surface area contributed by atoms with Crippen molar-refractivity contribution in [2.24, 2.45) is 11.3 Å². The minimum absolute atomic E-state index is 0. The average Bonchev–Trinajstić information content (AvgIpc) is 2.01. The fourth-order valence-electron chi connectivity index (χ4n) is 1.64. The molecule has 1 saturated heterocycles. The predicted octanol–water partition coefficient (Wildman–Crippen LogP) is 1.28. The van der Waals surface area contributed by atoms with Gasteiger partial charge < -0.3 is 5.32 Å². The number of rotatable bonds is 0. The fourth-order valence-corrected chi connectivity index (χ4v) is 1.64. The summed E-state index contributed by atoms with van der Waals surface area (Å²) in [6.45, 7) is 2.66. The van der Waals surface area contributed by atoms with Crippen LogP contribution in [-0.4, -0.2) is 19.0 Å². The molecular formula is C6H10ClF2N. The molecule has 1 nitrogen and oxygen atoms in total. The Morgan fingerprint density at radius 1 is 1.40 bits per heavy atom. The van der Waals surface area contributed by atoms with Gasteiger partial charge in [0.05, 0.1) is 5.41 Å². The molecule has 1 N–H and O–H groups in total. The van der Waals surface area contributed by atoms with E-state index in [0.717, 1.165) is 0 Å². The molecule has 1 atom stereocenters. The predicted molar refractivity (Wildman–Crippen MR) is 36.7 cm³/mol. The first-order chi connectivity index (χ1) is 4.11. The number of halogens is 3. The van der Waals surface area contributed by atoms with Crippen LogP contribution >= 0.6 is 12.4 Å². The van der Waals surface area contributed by atoms with Crippen molar-refractivity contribution in [2.45, 2.75) is 12.8 Å². The first-order valence-electron chi connectivity index (χ1n) is 3.20. The molecule has 0 bridgehead atoms. The van der Waals surface area contributed by atoms with Gasteiger partial charge in [-0.05, 0) is 0 Å². The van der Waals surface area contributed by atoms with Crippen molar-refractivity contribution in [2.75, 3.05) is 13.1 Å². The number of nitrogens with one attached hydrogen (secondary N) is 1. The van der Waals surface area contributed by atoms with Crippen molar-refractivity contribution in [3.05, 3.63) is 0 Å². The molecular weight excluding hydrogens is 160 g/mol. The molecule has 4 heteroatoms. The molecule has 1 spiro atoms. The summed E-state index contributed by atoms with van der Waals surface area (Å²) in [6, 6.07) is 0. The number of hydrogen-bond acceptors (Lipinski definition) is 1. The lowest BCUT2D eigenvalue weighted by atomic mass is 9.97. The third kappa shape index (κ3) is 0.558. The first kappa shape index (κ1) is 8.21. The lowest BCUT2D eigenvalue weighted by molar-refractivity contribution is 0.0390. The van der Waals surface area contributed by atoms with E-state index in [1.54, 1.807) is 6.92 Å². The molecule has 0 aromatic heterocycles. The minimum atomic E-state index is -2.36. The second kappa shape index (κ2) is 1.83. The van der Waals surface area contributed by atoms with Gasteiger partial charge >= 0.3 is 0 Å². The molecule has 0 amide bonds. The molecule has 1 aliphatic heterocycles. The molecule has 0 aromatic carbocycles. The maximum atomic E-state index is 12.6. The Balaban J connectivity index is 0.000000500. The van der Waals surface area contributed by atoms with E-state index in [1.165, 1.54) is 0 Å². The van der Waals surface area contributed by atoms with Gasteiger partial charge in [-0.3, -0.25) is 0 Å². The zero-order valence-corrected chi connectivity index (χ0v) is 6.47. The van der Waals surface area contributed by atoms with E-state index in [0.29, 0.717) is 13.1 Å². The topological polar surface area (TPSA) is 12.0 Å². The van der Waals surface area contributed by atoms with Crippen molar-refractivity contribution >= 4 is 12.4 Å². The molecule has 1 heterocycles. The quantitative estimate of drug-likeness (QED) is 0.576.